The summed E-state index contributed by atoms with van der Waals surface area (Å²) in [7, 11) is 0. The zero-order chi connectivity index (χ0) is 10.8. The molecule has 0 radical (unpaired) electrons. The molecule has 1 atom stereocenters. The van der Waals surface area contributed by atoms with Crippen molar-refractivity contribution in [3.63, 3.8) is 0 Å². The number of alkyl halides is 1. The van der Waals surface area contributed by atoms with Gasteiger partial charge in [0.25, 0.3) is 0 Å². The second-order valence-electron chi connectivity index (χ2n) is 4.37. The van der Waals surface area contributed by atoms with E-state index in [4.69, 9.17) is 0 Å². The third-order valence-electron chi connectivity index (χ3n) is 2.74. The van der Waals surface area contributed by atoms with Gasteiger partial charge in [-0.2, -0.15) is 0 Å². The van der Waals surface area contributed by atoms with Gasteiger partial charge in [-0.05, 0) is 37.3 Å². The molecule has 0 aromatic heterocycles. The van der Waals surface area contributed by atoms with Crippen molar-refractivity contribution in [3.8, 4) is 0 Å². The molecule has 0 aliphatic carbocycles. The number of hydrogen-bond acceptors (Lipinski definition) is 0. The molecule has 0 saturated heterocycles. The third kappa shape index (κ3) is 2.34. The van der Waals surface area contributed by atoms with Crippen LogP contribution in [-0.4, -0.2) is 0 Å². The zero-order valence-corrected chi connectivity index (χ0v) is 9.47. The predicted molar refractivity (Wildman–Crippen MR) is 59.3 cm³/mol. The molecule has 0 aliphatic rings. The standard InChI is InChI=1S/C13H19F/c1-5-10(2)11-8-6-7-9-12(11)13(3,4)14/h6-10H,5H2,1-4H3. The summed E-state index contributed by atoms with van der Waals surface area (Å²) < 4.78 is 13.9. The topological polar surface area (TPSA) is 0 Å². The van der Waals surface area contributed by atoms with E-state index in [1.54, 1.807) is 13.8 Å². The highest BCUT2D eigenvalue weighted by molar-refractivity contribution is 5.33. The van der Waals surface area contributed by atoms with Gasteiger partial charge < -0.3 is 0 Å². The van der Waals surface area contributed by atoms with Gasteiger partial charge in [0.1, 0.15) is 5.67 Å². The summed E-state index contributed by atoms with van der Waals surface area (Å²) in [6.45, 7) is 7.51. The molecule has 0 heterocycles. The zero-order valence-electron chi connectivity index (χ0n) is 9.47. The Morgan fingerprint density at radius 2 is 1.86 bits per heavy atom. The van der Waals surface area contributed by atoms with E-state index in [-0.39, 0.29) is 0 Å². The Morgan fingerprint density at radius 3 is 2.36 bits per heavy atom. The Hall–Kier alpha value is -0.850. The Labute approximate surface area is 86.2 Å². The first-order valence-electron chi connectivity index (χ1n) is 5.25. The lowest BCUT2D eigenvalue weighted by atomic mass is 9.87. The van der Waals surface area contributed by atoms with Crippen LogP contribution >= 0.6 is 0 Å². The maximum Gasteiger partial charge on any atom is 0.130 e. The second-order valence-corrected chi connectivity index (χ2v) is 4.37. The third-order valence-corrected chi connectivity index (χ3v) is 2.74. The molecule has 0 fully saturated rings. The normalized spacial score (nSPS) is 14.1. The van der Waals surface area contributed by atoms with Crippen molar-refractivity contribution in [2.75, 3.05) is 0 Å². The van der Waals surface area contributed by atoms with Gasteiger partial charge in [0.05, 0.1) is 0 Å². The molecule has 1 heteroatoms. The molecule has 0 aliphatic heterocycles. The summed E-state index contributed by atoms with van der Waals surface area (Å²) in [5.74, 6) is 0.432. The molecular weight excluding hydrogens is 175 g/mol. The minimum atomic E-state index is -1.24. The number of hydrogen-bond donors (Lipinski definition) is 0. The van der Waals surface area contributed by atoms with Crippen molar-refractivity contribution >= 4 is 0 Å². The van der Waals surface area contributed by atoms with Crippen molar-refractivity contribution in [1.82, 2.24) is 0 Å². The Balaban J connectivity index is 3.16. The average molecular weight is 194 g/mol. The fourth-order valence-corrected chi connectivity index (χ4v) is 1.69. The summed E-state index contributed by atoms with van der Waals surface area (Å²) in [4.78, 5) is 0. The Kier molecular flexibility index (Phi) is 3.30. The minimum absolute atomic E-state index is 0.432. The number of rotatable bonds is 3. The van der Waals surface area contributed by atoms with E-state index in [1.807, 2.05) is 24.3 Å². The van der Waals surface area contributed by atoms with Gasteiger partial charge in [-0.1, -0.05) is 38.1 Å². The lowest BCUT2D eigenvalue weighted by Gasteiger charge is -2.22. The molecule has 0 bridgehead atoms. The van der Waals surface area contributed by atoms with Crippen molar-refractivity contribution in [3.05, 3.63) is 35.4 Å². The molecule has 1 unspecified atom stereocenters. The number of benzene rings is 1. The van der Waals surface area contributed by atoms with Crippen LogP contribution in [0.25, 0.3) is 0 Å². The van der Waals surface area contributed by atoms with Crippen molar-refractivity contribution in [1.29, 1.82) is 0 Å². The molecule has 78 valence electrons. The van der Waals surface area contributed by atoms with E-state index >= 15 is 0 Å². The first kappa shape index (κ1) is 11.2. The maximum absolute atomic E-state index is 13.9. The SMILES string of the molecule is CCC(C)c1ccccc1C(C)(C)F. The van der Waals surface area contributed by atoms with Crippen LogP contribution in [0.3, 0.4) is 0 Å². The molecule has 0 saturated carbocycles. The van der Waals surface area contributed by atoms with Crippen LogP contribution in [0, 0.1) is 0 Å². The van der Waals surface area contributed by atoms with Gasteiger partial charge in [-0.15, -0.1) is 0 Å². The van der Waals surface area contributed by atoms with E-state index in [1.165, 1.54) is 0 Å². The predicted octanol–water partition coefficient (Wildman–Crippen LogP) is 4.40. The van der Waals surface area contributed by atoms with Gasteiger partial charge in [0, 0.05) is 0 Å². The van der Waals surface area contributed by atoms with Crippen molar-refractivity contribution < 1.29 is 4.39 Å². The monoisotopic (exact) mass is 194 g/mol. The fourth-order valence-electron chi connectivity index (χ4n) is 1.69. The van der Waals surface area contributed by atoms with Crippen LogP contribution in [0.1, 0.15) is 51.2 Å². The smallest absolute Gasteiger partial charge is 0.130 e. The van der Waals surface area contributed by atoms with Gasteiger partial charge in [-0.25, -0.2) is 4.39 Å². The summed E-state index contributed by atoms with van der Waals surface area (Å²) in [5.41, 5.74) is 0.733. The molecular formula is C13H19F. The molecule has 0 nitrogen and oxygen atoms in total. The summed E-state index contributed by atoms with van der Waals surface area (Å²) in [6, 6.07) is 7.81. The molecule has 1 aromatic rings. The van der Waals surface area contributed by atoms with E-state index in [0.29, 0.717) is 5.92 Å². The Morgan fingerprint density at radius 1 is 1.29 bits per heavy atom. The van der Waals surface area contributed by atoms with Crippen LogP contribution < -0.4 is 0 Å². The summed E-state index contributed by atoms with van der Waals surface area (Å²) >= 11 is 0. The van der Waals surface area contributed by atoms with Gasteiger partial charge >= 0.3 is 0 Å². The molecule has 0 N–H and O–H groups in total. The lowest BCUT2D eigenvalue weighted by Crippen LogP contribution is -2.13. The summed E-state index contributed by atoms with van der Waals surface area (Å²) in [5, 5.41) is 0. The van der Waals surface area contributed by atoms with Crippen LogP contribution in [0.5, 0.6) is 0 Å². The maximum atomic E-state index is 13.9. The van der Waals surface area contributed by atoms with E-state index in [0.717, 1.165) is 17.5 Å². The first-order chi connectivity index (χ1) is 6.46. The van der Waals surface area contributed by atoms with Gasteiger partial charge in [0.2, 0.25) is 0 Å². The largest absolute Gasteiger partial charge is 0.239 e. The van der Waals surface area contributed by atoms with Crippen LogP contribution in [0.4, 0.5) is 4.39 Å². The van der Waals surface area contributed by atoms with Gasteiger partial charge in [0.15, 0.2) is 0 Å². The summed E-state index contributed by atoms with van der Waals surface area (Å²) in [6.07, 6.45) is 1.05. The highest BCUT2D eigenvalue weighted by Crippen LogP contribution is 2.32. The van der Waals surface area contributed by atoms with Gasteiger partial charge in [-0.3, -0.25) is 0 Å². The van der Waals surface area contributed by atoms with E-state index < -0.39 is 5.67 Å². The van der Waals surface area contributed by atoms with Crippen LogP contribution in [-0.2, 0) is 5.67 Å². The van der Waals surface area contributed by atoms with Crippen LogP contribution in [0.2, 0.25) is 0 Å². The van der Waals surface area contributed by atoms with E-state index in [9.17, 15) is 4.39 Å². The van der Waals surface area contributed by atoms with Crippen LogP contribution in [0.15, 0.2) is 24.3 Å². The van der Waals surface area contributed by atoms with Crippen molar-refractivity contribution in [2.45, 2.75) is 45.7 Å². The molecule has 0 spiro atoms. The first-order valence-corrected chi connectivity index (χ1v) is 5.25. The fraction of sp³-hybridized carbons (Fsp3) is 0.538. The second kappa shape index (κ2) is 4.12. The van der Waals surface area contributed by atoms with E-state index in [2.05, 4.69) is 13.8 Å². The van der Waals surface area contributed by atoms with Crippen molar-refractivity contribution in [2.24, 2.45) is 0 Å². The molecule has 1 aromatic carbocycles. The molecule has 0 amide bonds. The highest BCUT2D eigenvalue weighted by Gasteiger charge is 2.23. The quantitative estimate of drug-likeness (QED) is 0.668. The lowest BCUT2D eigenvalue weighted by molar-refractivity contribution is 0.219. The molecule has 14 heavy (non-hydrogen) atoms. The molecule has 1 rings (SSSR count). The average Bonchev–Trinajstić information content (AvgIpc) is 2.15. The highest BCUT2D eigenvalue weighted by atomic mass is 19.1. The Bertz CT molecular complexity index is 296. The number of halogens is 1. The minimum Gasteiger partial charge on any atom is -0.239 e.